The number of fused-ring (bicyclic) bond motifs is 1. The normalized spacial score (nSPS) is 16.5. The summed E-state index contributed by atoms with van der Waals surface area (Å²) in [6, 6.07) is 10.9. The van der Waals surface area contributed by atoms with E-state index >= 15 is 0 Å². The number of para-hydroxylation sites is 2. The summed E-state index contributed by atoms with van der Waals surface area (Å²) in [6.07, 6.45) is 1.34. The maximum absolute atomic E-state index is 12.9. The van der Waals surface area contributed by atoms with E-state index in [0.717, 1.165) is 11.4 Å². The Morgan fingerprint density at radius 1 is 1.25 bits per heavy atom. The van der Waals surface area contributed by atoms with Crippen LogP contribution in [0, 0.1) is 5.92 Å². The second kappa shape index (κ2) is 6.31. The summed E-state index contributed by atoms with van der Waals surface area (Å²) in [7, 11) is 0. The Hall–Kier alpha value is -2.89. The number of amides is 2. The third-order valence-corrected chi connectivity index (χ3v) is 4.23. The number of benzene rings is 1. The molecule has 0 spiro atoms. The Bertz CT molecular complexity index is 771. The number of primary amides is 1. The van der Waals surface area contributed by atoms with Crippen LogP contribution in [0.2, 0.25) is 0 Å². The standard InChI is InChI=1S/C18H20N4O2/c1-11(2)15-10-22(16-6-4-3-5-13(16)21-15)18(24)14-8-7-12(9-20-14)17(19)23/h3-9,11,15,21H,10H2,1-2H3,(H2,19,23)/t15-/m0/s1. The summed E-state index contributed by atoms with van der Waals surface area (Å²) in [5.74, 6) is -0.377. The molecule has 0 aliphatic carbocycles. The lowest BCUT2D eigenvalue weighted by Gasteiger charge is -2.37. The molecule has 6 nitrogen and oxygen atoms in total. The van der Waals surface area contributed by atoms with Crippen molar-refractivity contribution >= 4 is 23.2 Å². The van der Waals surface area contributed by atoms with Gasteiger partial charge in [-0.1, -0.05) is 26.0 Å². The lowest BCUT2D eigenvalue weighted by atomic mass is 9.99. The summed E-state index contributed by atoms with van der Waals surface area (Å²) < 4.78 is 0. The number of pyridine rings is 1. The van der Waals surface area contributed by atoms with Crippen LogP contribution in [0.15, 0.2) is 42.6 Å². The fourth-order valence-electron chi connectivity index (χ4n) is 2.75. The topological polar surface area (TPSA) is 88.3 Å². The van der Waals surface area contributed by atoms with Gasteiger partial charge in [0.1, 0.15) is 5.69 Å². The molecule has 2 amide bonds. The summed E-state index contributed by atoms with van der Waals surface area (Å²) in [6.45, 7) is 4.80. The zero-order valence-corrected chi connectivity index (χ0v) is 13.7. The molecule has 0 saturated heterocycles. The van der Waals surface area contributed by atoms with Crippen LogP contribution in [-0.2, 0) is 0 Å². The second-order valence-electron chi connectivity index (χ2n) is 6.22. The zero-order valence-electron chi connectivity index (χ0n) is 13.7. The average Bonchev–Trinajstić information content (AvgIpc) is 2.60. The Balaban J connectivity index is 1.94. The molecule has 124 valence electrons. The van der Waals surface area contributed by atoms with Gasteiger partial charge < -0.3 is 16.0 Å². The number of nitrogens with zero attached hydrogens (tertiary/aromatic N) is 2. The minimum absolute atomic E-state index is 0.161. The SMILES string of the molecule is CC(C)[C@@H]1CN(C(=O)c2ccc(C(N)=O)cn2)c2ccccc2N1. The van der Waals surface area contributed by atoms with Crippen LogP contribution in [0.5, 0.6) is 0 Å². The van der Waals surface area contributed by atoms with Crippen LogP contribution < -0.4 is 16.0 Å². The maximum atomic E-state index is 12.9. The van der Waals surface area contributed by atoms with Gasteiger partial charge in [-0.2, -0.15) is 0 Å². The number of carbonyl (C=O) groups is 2. The highest BCUT2D eigenvalue weighted by molar-refractivity contribution is 6.07. The van der Waals surface area contributed by atoms with Crippen LogP contribution in [0.25, 0.3) is 0 Å². The largest absolute Gasteiger partial charge is 0.379 e. The lowest BCUT2D eigenvalue weighted by molar-refractivity contribution is 0.0973. The van der Waals surface area contributed by atoms with Crippen molar-refractivity contribution in [1.29, 1.82) is 0 Å². The van der Waals surface area contributed by atoms with E-state index in [1.165, 1.54) is 18.3 Å². The molecule has 3 rings (SSSR count). The average molecular weight is 324 g/mol. The molecule has 0 bridgehead atoms. The van der Waals surface area contributed by atoms with Gasteiger partial charge in [0, 0.05) is 18.8 Å². The molecule has 0 radical (unpaired) electrons. The first-order chi connectivity index (χ1) is 11.5. The lowest BCUT2D eigenvalue weighted by Crippen LogP contribution is -2.47. The number of rotatable bonds is 3. The molecular formula is C18H20N4O2. The third kappa shape index (κ3) is 2.95. The van der Waals surface area contributed by atoms with Crippen LogP contribution in [0.4, 0.5) is 11.4 Å². The van der Waals surface area contributed by atoms with Crippen molar-refractivity contribution in [2.24, 2.45) is 11.7 Å². The summed E-state index contributed by atoms with van der Waals surface area (Å²) in [5.41, 5.74) is 7.56. The number of carbonyl (C=O) groups excluding carboxylic acids is 2. The first-order valence-electron chi connectivity index (χ1n) is 7.90. The van der Waals surface area contributed by atoms with Crippen molar-refractivity contribution in [2.45, 2.75) is 19.9 Å². The van der Waals surface area contributed by atoms with Gasteiger partial charge in [0.25, 0.3) is 5.91 Å². The van der Waals surface area contributed by atoms with Crippen LogP contribution in [-0.4, -0.2) is 29.4 Å². The van der Waals surface area contributed by atoms with E-state index in [0.29, 0.717) is 18.2 Å². The van der Waals surface area contributed by atoms with E-state index in [1.54, 1.807) is 4.90 Å². The van der Waals surface area contributed by atoms with Gasteiger partial charge in [0.05, 0.1) is 16.9 Å². The first-order valence-corrected chi connectivity index (χ1v) is 7.90. The molecule has 0 saturated carbocycles. The highest BCUT2D eigenvalue weighted by Crippen LogP contribution is 2.33. The molecule has 2 aromatic rings. The van der Waals surface area contributed by atoms with Crippen molar-refractivity contribution in [3.63, 3.8) is 0 Å². The van der Waals surface area contributed by atoms with E-state index < -0.39 is 5.91 Å². The van der Waals surface area contributed by atoms with E-state index in [4.69, 9.17) is 5.73 Å². The minimum Gasteiger partial charge on any atom is -0.379 e. The molecule has 0 unspecified atom stereocenters. The smallest absolute Gasteiger partial charge is 0.276 e. The quantitative estimate of drug-likeness (QED) is 0.906. The fourth-order valence-corrected chi connectivity index (χ4v) is 2.75. The number of hydrogen-bond donors (Lipinski definition) is 2. The number of hydrogen-bond acceptors (Lipinski definition) is 4. The van der Waals surface area contributed by atoms with Crippen molar-refractivity contribution in [3.05, 3.63) is 53.9 Å². The molecule has 24 heavy (non-hydrogen) atoms. The van der Waals surface area contributed by atoms with Gasteiger partial charge in [-0.25, -0.2) is 0 Å². The molecule has 1 aliphatic heterocycles. The predicted octanol–water partition coefficient (Wildman–Crippen LogP) is 2.28. The van der Waals surface area contributed by atoms with E-state index in [-0.39, 0.29) is 17.5 Å². The van der Waals surface area contributed by atoms with Gasteiger partial charge in [-0.05, 0) is 30.2 Å². The van der Waals surface area contributed by atoms with Gasteiger partial charge in [0.2, 0.25) is 5.91 Å². The molecule has 1 atom stereocenters. The van der Waals surface area contributed by atoms with E-state index in [9.17, 15) is 9.59 Å². The van der Waals surface area contributed by atoms with Gasteiger partial charge in [0.15, 0.2) is 0 Å². The summed E-state index contributed by atoms with van der Waals surface area (Å²) in [5, 5.41) is 3.48. The Morgan fingerprint density at radius 3 is 2.62 bits per heavy atom. The van der Waals surface area contributed by atoms with Crippen molar-refractivity contribution in [1.82, 2.24) is 4.98 Å². The van der Waals surface area contributed by atoms with Crippen LogP contribution in [0.1, 0.15) is 34.7 Å². The molecule has 3 N–H and O–H groups in total. The highest BCUT2D eigenvalue weighted by Gasteiger charge is 2.30. The number of anilines is 2. The third-order valence-electron chi connectivity index (χ3n) is 4.23. The molecule has 1 aromatic carbocycles. The van der Waals surface area contributed by atoms with E-state index in [1.807, 2.05) is 24.3 Å². The fraction of sp³-hybridized carbons (Fsp3) is 0.278. The molecule has 2 heterocycles. The van der Waals surface area contributed by atoms with E-state index in [2.05, 4.69) is 24.1 Å². The Kier molecular flexibility index (Phi) is 4.20. The maximum Gasteiger partial charge on any atom is 0.276 e. The van der Waals surface area contributed by atoms with Crippen molar-refractivity contribution in [2.75, 3.05) is 16.8 Å². The molecule has 6 heteroatoms. The van der Waals surface area contributed by atoms with Crippen LogP contribution >= 0.6 is 0 Å². The monoisotopic (exact) mass is 324 g/mol. The molecular weight excluding hydrogens is 304 g/mol. The number of aromatic nitrogens is 1. The summed E-state index contributed by atoms with van der Waals surface area (Å²) >= 11 is 0. The summed E-state index contributed by atoms with van der Waals surface area (Å²) in [4.78, 5) is 29.9. The van der Waals surface area contributed by atoms with Gasteiger partial charge in [-0.3, -0.25) is 14.6 Å². The van der Waals surface area contributed by atoms with Crippen molar-refractivity contribution < 1.29 is 9.59 Å². The van der Waals surface area contributed by atoms with Gasteiger partial charge in [-0.15, -0.1) is 0 Å². The molecule has 1 aromatic heterocycles. The molecule has 0 fully saturated rings. The predicted molar refractivity (Wildman–Crippen MR) is 93.1 cm³/mol. The Morgan fingerprint density at radius 2 is 2.00 bits per heavy atom. The molecule has 1 aliphatic rings. The first kappa shape index (κ1) is 16.0. The van der Waals surface area contributed by atoms with Crippen LogP contribution in [0.3, 0.4) is 0 Å². The highest BCUT2D eigenvalue weighted by atomic mass is 16.2. The van der Waals surface area contributed by atoms with Gasteiger partial charge >= 0.3 is 0 Å². The number of nitrogens with two attached hydrogens (primary N) is 1. The minimum atomic E-state index is -0.561. The van der Waals surface area contributed by atoms with Crippen molar-refractivity contribution in [3.8, 4) is 0 Å². The zero-order chi connectivity index (χ0) is 17.3. The second-order valence-corrected chi connectivity index (χ2v) is 6.22. The number of nitrogens with one attached hydrogen (secondary N) is 1. The Labute approximate surface area is 140 Å².